The quantitative estimate of drug-likeness (QED) is 0.265. The topological polar surface area (TPSA) is 31.6 Å². The number of para-hydroxylation sites is 1. The van der Waals surface area contributed by atoms with Crippen molar-refractivity contribution < 1.29 is 13.7 Å². The van der Waals surface area contributed by atoms with Gasteiger partial charge in [0.15, 0.2) is 0 Å². The molecule has 5 aliphatic rings. The standard InChI is InChI=1S/C34H37BO3/c1-32(2)33(3,4)38-35(37-32)29-17-25(16-28-27-7-5-6-8-30(27)36-31(28)29)24-9-11-26(12-10-24)34-18-21-13-22(19-34)15-23(14-21)20-34/h5-12,16-17,21-23H,13-15,18-20H2,1-4H3. The number of rotatable bonds is 3. The number of hydrogen-bond acceptors (Lipinski definition) is 3. The second kappa shape index (κ2) is 7.76. The van der Waals surface area contributed by atoms with E-state index < -0.39 is 18.3 Å². The van der Waals surface area contributed by atoms with Crippen molar-refractivity contribution in [2.45, 2.75) is 82.8 Å². The first-order valence-corrected chi connectivity index (χ1v) is 14.6. The van der Waals surface area contributed by atoms with Crippen LogP contribution in [0.1, 0.15) is 71.8 Å². The van der Waals surface area contributed by atoms with Crippen LogP contribution in [0.5, 0.6) is 0 Å². The molecule has 0 spiro atoms. The first-order valence-electron chi connectivity index (χ1n) is 14.6. The fourth-order valence-electron chi connectivity index (χ4n) is 8.65. The SMILES string of the molecule is CC1(C)OB(c2cc(-c3ccc(C45CC6CC(CC(C6)C4)C5)cc3)cc3c2oc2ccccc23)OC1(C)C. The maximum absolute atomic E-state index is 6.52. The first kappa shape index (κ1) is 23.3. The maximum atomic E-state index is 6.52. The summed E-state index contributed by atoms with van der Waals surface area (Å²) in [5.74, 6) is 2.88. The summed E-state index contributed by atoms with van der Waals surface area (Å²) in [5.41, 5.74) is 6.32. The van der Waals surface area contributed by atoms with E-state index in [1.54, 1.807) is 5.56 Å². The van der Waals surface area contributed by atoms with Gasteiger partial charge in [-0.1, -0.05) is 48.5 Å². The lowest BCUT2D eigenvalue weighted by Gasteiger charge is -2.57. The van der Waals surface area contributed by atoms with Crippen LogP contribution >= 0.6 is 0 Å². The molecule has 4 aromatic rings. The highest BCUT2D eigenvalue weighted by atomic mass is 16.7. The Morgan fingerprint density at radius 1 is 0.684 bits per heavy atom. The molecular weight excluding hydrogens is 467 g/mol. The molecular formula is C34H37BO3. The molecule has 1 saturated heterocycles. The van der Waals surface area contributed by atoms with Crippen LogP contribution in [0.3, 0.4) is 0 Å². The first-order chi connectivity index (χ1) is 18.2. The molecule has 5 fully saturated rings. The van der Waals surface area contributed by atoms with Gasteiger partial charge < -0.3 is 13.7 Å². The molecule has 3 nitrogen and oxygen atoms in total. The van der Waals surface area contributed by atoms with E-state index in [1.807, 2.05) is 12.1 Å². The maximum Gasteiger partial charge on any atom is 0.498 e. The number of hydrogen-bond donors (Lipinski definition) is 0. The monoisotopic (exact) mass is 504 g/mol. The van der Waals surface area contributed by atoms with Crippen molar-refractivity contribution in [3.63, 3.8) is 0 Å². The molecule has 0 N–H and O–H groups in total. The molecule has 4 heteroatoms. The summed E-state index contributed by atoms with van der Waals surface area (Å²) in [6.07, 6.45) is 8.65. The molecule has 0 unspecified atom stereocenters. The molecule has 4 aliphatic carbocycles. The average Bonchev–Trinajstić information content (AvgIpc) is 3.35. The van der Waals surface area contributed by atoms with Gasteiger partial charge in [-0.2, -0.15) is 0 Å². The molecule has 38 heavy (non-hydrogen) atoms. The Balaban J connectivity index is 1.23. The predicted molar refractivity (Wildman–Crippen MR) is 155 cm³/mol. The average molecular weight is 504 g/mol. The van der Waals surface area contributed by atoms with Gasteiger partial charge >= 0.3 is 7.12 Å². The van der Waals surface area contributed by atoms with E-state index in [-0.39, 0.29) is 0 Å². The lowest BCUT2D eigenvalue weighted by Crippen LogP contribution is -2.48. The molecule has 0 amide bonds. The van der Waals surface area contributed by atoms with E-state index in [2.05, 4.69) is 76.2 Å². The lowest BCUT2D eigenvalue weighted by atomic mass is 9.48. The Hall–Kier alpha value is -2.56. The molecule has 2 heterocycles. The Morgan fingerprint density at radius 3 is 1.92 bits per heavy atom. The van der Waals surface area contributed by atoms with Gasteiger partial charge in [0.2, 0.25) is 0 Å². The van der Waals surface area contributed by atoms with E-state index in [1.165, 1.54) is 49.7 Å². The molecule has 3 aromatic carbocycles. The van der Waals surface area contributed by atoms with E-state index in [4.69, 9.17) is 13.7 Å². The molecule has 4 saturated carbocycles. The zero-order valence-corrected chi connectivity index (χ0v) is 23.1. The summed E-state index contributed by atoms with van der Waals surface area (Å²) in [7, 11) is -0.477. The Labute approximate surface area is 226 Å². The van der Waals surface area contributed by atoms with Gasteiger partial charge in [-0.15, -0.1) is 0 Å². The minimum atomic E-state index is -0.477. The molecule has 194 valence electrons. The van der Waals surface area contributed by atoms with Crippen LogP contribution in [0.15, 0.2) is 65.1 Å². The summed E-state index contributed by atoms with van der Waals surface area (Å²) in [5, 5.41) is 2.25. The minimum absolute atomic E-state index is 0.411. The van der Waals surface area contributed by atoms with E-state index in [0.717, 1.165) is 45.2 Å². The van der Waals surface area contributed by atoms with Crippen LogP contribution in [0.4, 0.5) is 0 Å². The summed E-state index contributed by atoms with van der Waals surface area (Å²) < 4.78 is 19.5. The largest absolute Gasteiger partial charge is 0.498 e. The highest BCUT2D eigenvalue weighted by Crippen LogP contribution is 2.60. The number of furan rings is 1. The van der Waals surface area contributed by atoms with Crippen molar-refractivity contribution in [2.75, 3.05) is 0 Å². The van der Waals surface area contributed by atoms with Gasteiger partial charge in [0, 0.05) is 16.2 Å². The molecule has 0 radical (unpaired) electrons. The van der Waals surface area contributed by atoms with Gasteiger partial charge in [0.1, 0.15) is 11.2 Å². The van der Waals surface area contributed by atoms with E-state index in [0.29, 0.717) is 5.41 Å². The zero-order valence-electron chi connectivity index (χ0n) is 23.1. The summed E-state index contributed by atoms with van der Waals surface area (Å²) in [6, 6.07) is 22.4. The van der Waals surface area contributed by atoms with Crippen molar-refractivity contribution >= 4 is 34.5 Å². The van der Waals surface area contributed by atoms with Crippen molar-refractivity contribution in [1.82, 2.24) is 0 Å². The highest BCUT2D eigenvalue weighted by Gasteiger charge is 2.53. The fourth-order valence-corrected chi connectivity index (χ4v) is 8.65. The second-order valence-corrected chi connectivity index (χ2v) is 13.9. The Morgan fingerprint density at radius 2 is 1.29 bits per heavy atom. The van der Waals surface area contributed by atoms with Gasteiger partial charge in [-0.3, -0.25) is 0 Å². The van der Waals surface area contributed by atoms with Gasteiger partial charge in [-0.25, -0.2) is 0 Å². The molecule has 1 aliphatic heterocycles. The minimum Gasteiger partial charge on any atom is -0.456 e. The zero-order chi connectivity index (χ0) is 25.9. The van der Waals surface area contributed by atoms with Crippen LogP contribution < -0.4 is 5.46 Å². The van der Waals surface area contributed by atoms with Crippen LogP contribution in [-0.4, -0.2) is 18.3 Å². The van der Waals surface area contributed by atoms with Gasteiger partial charge in [0.25, 0.3) is 0 Å². The number of benzene rings is 3. The summed E-state index contributed by atoms with van der Waals surface area (Å²) in [6.45, 7) is 8.43. The van der Waals surface area contributed by atoms with Crippen LogP contribution in [0.2, 0.25) is 0 Å². The van der Waals surface area contributed by atoms with Crippen molar-refractivity contribution in [1.29, 1.82) is 0 Å². The molecule has 0 atom stereocenters. The van der Waals surface area contributed by atoms with Gasteiger partial charge in [0.05, 0.1) is 11.2 Å². The third kappa shape index (κ3) is 3.35. The van der Waals surface area contributed by atoms with Gasteiger partial charge in [-0.05, 0) is 118 Å². The predicted octanol–water partition coefficient (Wildman–Crippen LogP) is 8.02. The molecule has 1 aromatic heterocycles. The van der Waals surface area contributed by atoms with Crippen LogP contribution in [0.25, 0.3) is 33.1 Å². The molecule has 9 rings (SSSR count). The van der Waals surface area contributed by atoms with E-state index >= 15 is 0 Å². The number of fused-ring (bicyclic) bond motifs is 3. The lowest BCUT2D eigenvalue weighted by molar-refractivity contribution is -0.00518. The highest BCUT2D eigenvalue weighted by molar-refractivity contribution is 6.65. The summed E-state index contributed by atoms with van der Waals surface area (Å²) >= 11 is 0. The smallest absolute Gasteiger partial charge is 0.456 e. The normalized spacial score (nSPS) is 31.1. The van der Waals surface area contributed by atoms with Crippen LogP contribution in [-0.2, 0) is 14.7 Å². The van der Waals surface area contributed by atoms with E-state index in [9.17, 15) is 0 Å². The summed E-state index contributed by atoms with van der Waals surface area (Å²) in [4.78, 5) is 0. The van der Waals surface area contributed by atoms with Crippen molar-refractivity contribution in [3.8, 4) is 11.1 Å². The Kier molecular flexibility index (Phi) is 4.77. The third-order valence-electron chi connectivity index (χ3n) is 10.9. The third-order valence-corrected chi connectivity index (χ3v) is 10.9. The molecule has 4 bridgehead atoms. The van der Waals surface area contributed by atoms with Crippen molar-refractivity contribution in [2.24, 2.45) is 17.8 Å². The van der Waals surface area contributed by atoms with Crippen molar-refractivity contribution in [3.05, 3.63) is 66.2 Å². The Bertz CT molecular complexity index is 1510. The van der Waals surface area contributed by atoms with Crippen LogP contribution in [0, 0.1) is 17.8 Å². The second-order valence-electron chi connectivity index (χ2n) is 13.9. The fraction of sp³-hybridized carbons (Fsp3) is 0.471.